The van der Waals surface area contributed by atoms with Gasteiger partial charge in [-0.05, 0) is 19.1 Å². The minimum Gasteiger partial charge on any atom is -0.497 e. The molecule has 5 heteroatoms. The smallest absolute Gasteiger partial charge is 0.142 e. The van der Waals surface area contributed by atoms with Crippen LogP contribution in [0.3, 0.4) is 0 Å². The number of hydrogen-bond acceptors (Lipinski definition) is 5. The zero-order chi connectivity index (χ0) is 13.0. The van der Waals surface area contributed by atoms with Gasteiger partial charge in [-0.3, -0.25) is 0 Å². The first-order valence-corrected chi connectivity index (χ1v) is 5.90. The van der Waals surface area contributed by atoms with Gasteiger partial charge in [-0.1, -0.05) is 18.3 Å². The standard InChI is InChI=1S/C13H13N3OS/c1-9-14-7-10(8-18)13(15-9)16-11-4-3-5-12(6-11)17-2/h3-8H,1-2H3,(H,14,15,16). The van der Waals surface area contributed by atoms with Crippen LogP contribution in [-0.2, 0) is 0 Å². The van der Waals surface area contributed by atoms with Crippen molar-refractivity contribution in [2.75, 3.05) is 12.4 Å². The summed E-state index contributed by atoms with van der Waals surface area (Å²) < 4.78 is 5.17. The maximum atomic E-state index is 5.17. The van der Waals surface area contributed by atoms with E-state index in [1.54, 1.807) is 18.7 Å². The molecule has 0 bridgehead atoms. The zero-order valence-electron chi connectivity index (χ0n) is 10.2. The average Bonchev–Trinajstić information content (AvgIpc) is 2.39. The van der Waals surface area contributed by atoms with Crippen LogP contribution in [0.15, 0.2) is 30.5 Å². The second-order valence-electron chi connectivity index (χ2n) is 3.70. The Morgan fingerprint density at radius 2 is 2.22 bits per heavy atom. The topological polar surface area (TPSA) is 47.0 Å². The molecule has 0 atom stereocenters. The number of aryl methyl sites for hydroxylation is 1. The predicted molar refractivity (Wildman–Crippen MR) is 75.8 cm³/mol. The minimum absolute atomic E-state index is 0.695. The summed E-state index contributed by atoms with van der Waals surface area (Å²) in [5.74, 6) is 2.18. The number of thiocarbonyl (C=S) groups is 1. The van der Waals surface area contributed by atoms with Crippen LogP contribution in [0, 0.1) is 6.92 Å². The molecule has 0 saturated carbocycles. The molecule has 1 aromatic carbocycles. The Kier molecular flexibility index (Phi) is 3.84. The van der Waals surface area contributed by atoms with Crippen LogP contribution in [0.5, 0.6) is 5.75 Å². The summed E-state index contributed by atoms with van der Waals surface area (Å²) in [6.45, 7) is 1.84. The van der Waals surface area contributed by atoms with E-state index < -0.39 is 0 Å². The van der Waals surface area contributed by atoms with E-state index in [0.717, 1.165) is 17.0 Å². The first kappa shape index (κ1) is 12.4. The highest BCUT2D eigenvalue weighted by atomic mass is 32.1. The summed E-state index contributed by atoms with van der Waals surface area (Å²) in [7, 11) is 1.64. The van der Waals surface area contributed by atoms with Gasteiger partial charge >= 0.3 is 0 Å². The molecule has 0 aliphatic heterocycles. The van der Waals surface area contributed by atoms with Crippen molar-refractivity contribution in [3.63, 3.8) is 0 Å². The van der Waals surface area contributed by atoms with Gasteiger partial charge in [-0.25, -0.2) is 9.97 Å². The average molecular weight is 259 g/mol. The Morgan fingerprint density at radius 3 is 2.94 bits per heavy atom. The number of benzene rings is 1. The normalized spacial score (nSPS) is 9.89. The molecule has 92 valence electrons. The van der Waals surface area contributed by atoms with Crippen LogP contribution in [0.4, 0.5) is 11.5 Å². The van der Waals surface area contributed by atoms with E-state index in [1.165, 1.54) is 0 Å². The van der Waals surface area contributed by atoms with E-state index in [9.17, 15) is 0 Å². The fourth-order valence-corrected chi connectivity index (χ4v) is 1.68. The Hall–Kier alpha value is -2.01. The van der Waals surface area contributed by atoms with Crippen LogP contribution >= 0.6 is 12.2 Å². The largest absolute Gasteiger partial charge is 0.497 e. The lowest BCUT2D eigenvalue weighted by Gasteiger charge is -2.09. The third-order valence-corrected chi connectivity index (χ3v) is 2.65. The van der Waals surface area contributed by atoms with Gasteiger partial charge in [0.2, 0.25) is 0 Å². The number of rotatable bonds is 4. The molecular formula is C13H13N3OS. The molecule has 0 aliphatic carbocycles. The van der Waals surface area contributed by atoms with Gasteiger partial charge in [-0.2, -0.15) is 0 Å². The zero-order valence-corrected chi connectivity index (χ0v) is 11.0. The summed E-state index contributed by atoms with van der Waals surface area (Å²) >= 11 is 4.94. The van der Waals surface area contributed by atoms with Gasteiger partial charge in [0.15, 0.2) is 0 Å². The summed E-state index contributed by atoms with van der Waals surface area (Å²) in [5.41, 5.74) is 1.68. The molecule has 0 aliphatic rings. The first-order valence-electron chi connectivity index (χ1n) is 5.43. The quantitative estimate of drug-likeness (QED) is 0.855. The number of anilines is 2. The fraction of sp³-hybridized carbons (Fsp3) is 0.154. The molecule has 0 saturated heterocycles. The number of nitrogens with one attached hydrogen (secondary N) is 1. The maximum absolute atomic E-state index is 5.17. The van der Waals surface area contributed by atoms with Crippen LogP contribution in [-0.4, -0.2) is 22.4 Å². The minimum atomic E-state index is 0.695. The molecular weight excluding hydrogens is 246 g/mol. The monoisotopic (exact) mass is 259 g/mol. The molecule has 0 radical (unpaired) electrons. The summed E-state index contributed by atoms with van der Waals surface area (Å²) in [4.78, 5) is 8.45. The van der Waals surface area contributed by atoms with E-state index in [-0.39, 0.29) is 0 Å². The van der Waals surface area contributed by atoms with E-state index in [1.807, 2.05) is 31.2 Å². The molecule has 18 heavy (non-hydrogen) atoms. The van der Waals surface area contributed by atoms with Crippen molar-refractivity contribution in [3.05, 3.63) is 41.9 Å². The van der Waals surface area contributed by atoms with Gasteiger partial charge < -0.3 is 10.1 Å². The second kappa shape index (κ2) is 5.55. The van der Waals surface area contributed by atoms with Crippen LogP contribution in [0.1, 0.15) is 11.4 Å². The third-order valence-electron chi connectivity index (χ3n) is 2.40. The Morgan fingerprint density at radius 1 is 1.39 bits per heavy atom. The van der Waals surface area contributed by atoms with E-state index in [2.05, 4.69) is 15.3 Å². The van der Waals surface area contributed by atoms with Gasteiger partial charge in [-0.15, -0.1) is 0 Å². The van der Waals surface area contributed by atoms with E-state index in [4.69, 9.17) is 17.0 Å². The van der Waals surface area contributed by atoms with Crippen molar-refractivity contribution in [1.82, 2.24) is 9.97 Å². The van der Waals surface area contributed by atoms with Gasteiger partial charge in [0.05, 0.1) is 7.11 Å². The molecule has 2 rings (SSSR count). The highest BCUT2D eigenvalue weighted by Crippen LogP contribution is 2.21. The third kappa shape index (κ3) is 2.81. The number of nitrogens with zero attached hydrogens (tertiary/aromatic N) is 2. The molecule has 0 spiro atoms. The van der Waals surface area contributed by atoms with Crippen LogP contribution < -0.4 is 10.1 Å². The molecule has 0 amide bonds. The fourth-order valence-electron chi connectivity index (χ4n) is 1.50. The van der Waals surface area contributed by atoms with Gasteiger partial charge in [0.25, 0.3) is 0 Å². The molecule has 0 fully saturated rings. The predicted octanol–water partition coefficient (Wildman–Crippen LogP) is 2.89. The Labute approximate surface area is 111 Å². The van der Waals surface area contributed by atoms with Crippen molar-refractivity contribution >= 4 is 29.1 Å². The maximum Gasteiger partial charge on any atom is 0.142 e. The number of methoxy groups -OCH3 is 1. The SMILES string of the molecule is COc1cccc(Nc2nc(C)ncc2C=S)c1. The number of aromatic nitrogens is 2. The highest BCUT2D eigenvalue weighted by Gasteiger charge is 2.04. The molecule has 1 aromatic heterocycles. The van der Waals surface area contributed by atoms with Crippen molar-refractivity contribution in [2.45, 2.75) is 6.92 Å². The molecule has 0 unspecified atom stereocenters. The first-order chi connectivity index (χ1) is 8.72. The lowest BCUT2D eigenvalue weighted by atomic mass is 10.2. The summed E-state index contributed by atoms with van der Waals surface area (Å²) in [6.07, 6.45) is 1.71. The summed E-state index contributed by atoms with van der Waals surface area (Å²) in [6, 6.07) is 7.63. The molecule has 1 heterocycles. The Balaban J connectivity index is 2.32. The second-order valence-corrected chi connectivity index (χ2v) is 3.93. The highest BCUT2D eigenvalue weighted by molar-refractivity contribution is 7.79. The Bertz CT molecular complexity index is 572. The van der Waals surface area contributed by atoms with Gasteiger partial charge in [0, 0.05) is 28.9 Å². The molecule has 2 aromatic rings. The van der Waals surface area contributed by atoms with Crippen LogP contribution in [0.25, 0.3) is 0 Å². The lowest BCUT2D eigenvalue weighted by Crippen LogP contribution is -2.01. The van der Waals surface area contributed by atoms with Crippen molar-refractivity contribution in [3.8, 4) is 5.75 Å². The van der Waals surface area contributed by atoms with Crippen molar-refractivity contribution in [2.24, 2.45) is 0 Å². The van der Waals surface area contributed by atoms with E-state index in [0.29, 0.717) is 11.6 Å². The summed E-state index contributed by atoms with van der Waals surface area (Å²) in [5, 5.41) is 4.77. The van der Waals surface area contributed by atoms with E-state index >= 15 is 0 Å². The van der Waals surface area contributed by atoms with Crippen molar-refractivity contribution < 1.29 is 4.74 Å². The van der Waals surface area contributed by atoms with Gasteiger partial charge in [0.1, 0.15) is 17.4 Å². The van der Waals surface area contributed by atoms with Crippen LogP contribution in [0.2, 0.25) is 0 Å². The molecule has 1 N–H and O–H groups in total. The number of ether oxygens (including phenoxy) is 1. The number of hydrogen-bond donors (Lipinski definition) is 1. The molecule has 4 nitrogen and oxygen atoms in total. The van der Waals surface area contributed by atoms with Crippen molar-refractivity contribution in [1.29, 1.82) is 0 Å². The lowest BCUT2D eigenvalue weighted by molar-refractivity contribution is 0.415.